The first-order valence-corrected chi connectivity index (χ1v) is 4.66. The molecule has 7 N–H and O–H groups in total. The third-order valence-corrected chi connectivity index (χ3v) is 1.31. The molecule has 10 heteroatoms. The average Bonchev–Trinajstić information content (AvgIpc) is 2.39. The van der Waals surface area contributed by atoms with E-state index in [1.54, 1.807) is 21.1 Å². The van der Waals surface area contributed by atoms with Crippen LogP contribution < -0.4 is 27.4 Å². The Bertz CT molecular complexity index is 300. The van der Waals surface area contributed by atoms with E-state index in [1.165, 1.54) is 0 Å². The van der Waals surface area contributed by atoms with Crippen molar-refractivity contribution >= 4 is 30.7 Å². The lowest BCUT2D eigenvalue weighted by molar-refractivity contribution is -0.0979. The minimum atomic E-state index is -0.833. The number of rotatable bonds is 3. The van der Waals surface area contributed by atoms with Crippen molar-refractivity contribution < 1.29 is 9.59 Å². The van der Waals surface area contributed by atoms with Gasteiger partial charge in [-0.2, -0.15) is 15.0 Å². The fourth-order valence-corrected chi connectivity index (χ4v) is 0.711. The molecule has 0 spiro atoms. The molecule has 0 bridgehead atoms. The molecule has 0 fully saturated rings. The molecule has 2 amide bonds. The molecule has 1 heterocycles. The quantitative estimate of drug-likeness (QED) is 0.453. The van der Waals surface area contributed by atoms with Crippen molar-refractivity contribution in [1.29, 1.82) is 0 Å². The molecule has 0 saturated heterocycles. The van der Waals surface area contributed by atoms with Crippen LogP contribution >= 0.6 is 0 Å². The second kappa shape index (κ2) is 10.9. The number of hydrogen-bond donors (Lipinski definition) is 5. The van der Waals surface area contributed by atoms with Gasteiger partial charge in [0.2, 0.25) is 17.8 Å². The van der Waals surface area contributed by atoms with Crippen molar-refractivity contribution in [2.24, 2.45) is 11.5 Å². The van der Waals surface area contributed by atoms with Gasteiger partial charge in [-0.3, -0.25) is 0 Å². The molecule has 0 aliphatic carbocycles. The molecule has 0 aromatic carbocycles. The molecule has 1 rings (SSSR count). The molecular weight excluding hydrogens is 240 g/mol. The summed E-state index contributed by atoms with van der Waals surface area (Å²) in [6, 6.07) is -0.833. The van der Waals surface area contributed by atoms with Crippen LogP contribution in [0.3, 0.4) is 0 Å². The summed E-state index contributed by atoms with van der Waals surface area (Å²) in [6.07, 6.45) is 0. The fourth-order valence-electron chi connectivity index (χ4n) is 0.711. The molecule has 0 aliphatic heterocycles. The van der Waals surface area contributed by atoms with Crippen LogP contribution in [0.4, 0.5) is 22.6 Å². The van der Waals surface area contributed by atoms with Gasteiger partial charge in [-0.15, -0.1) is 0 Å². The molecular formula is C8H18N8O2. The summed E-state index contributed by atoms with van der Waals surface area (Å²) in [5.74, 6) is 1.62. The predicted molar refractivity (Wildman–Crippen MR) is 69.4 cm³/mol. The highest BCUT2D eigenvalue weighted by Crippen LogP contribution is 2.06. The summed E-state index contributed by atoms with van der Waals surface area (Å²) in [7, 11) is 5.27. The van der Waals surface area contributed by atoms with Gasteiger partial charge < -0.3 is 32.2 Å². The third kappa shape index (κ3) is 8.64. The van der Waals surface area contributed by atoms with Crippen LogP contribution in [-0.4, -0.2) is 48.9 Å². The second-order valence-electron chi connectivity index (χ2n) is 2.46. The number of amides is 2. The number of urea groups is 1. The minimum absolute atomic E-state index is 0.540. The summed E-state index contributed by atoms with van der Waals surface area (Å²) in [4.78, 5) is 29.1. The zero-order valence-electron chi connectivity index (χ0n) is 10.5. The molecule has 0 aliphatic rings. The lowest BCUT2D eigenvalue weighted by Gasteiger charge is -2.04. The highest BCUT2D eigenvalue weighted by molar-refractivity contribution is 5.69. The van der Waals surface area contributed by atoms with Crippen molar-refractivity contribution in [2.75, 3.05) is 37.1 Å². The number of nitrogens with zero attached hydrogens (tertiary/aromatic N) is 3. The largest absolute Gasteiger partial charge is 0.357 e. The Morgan fingerprint density at radius 2 is 1.06 bits per heavy atom. The first kappa shape index (κ1) is 17.7. The van der Waals surface area contributed by atoms with E-state index in [1.807, 2.05) is 6.79 Å². The Morgan fingerprint density at radius 1 is 0.889 bits per heavy atom. The predicted octanol–water partition coefficient (Wildman–Crippen LogP) is -1.16. The molecule has 0 unspecified atom stereocenters. The van der Waals surface area contributed by atoms with E-state index < -0.39 is 6.03 Å². The van der Waals surface area contributed by atoms with Crippen LogP contribution in [0.2, 0.25) is 0 Å². The summed E-state index contributed by atoms with van der Waals surface area (Å²) < 4.78 is 0. The lowest BCUT2D eigenvalue weighted by atomic mass is 10.8. The van der Waals surface area contributed by atoms with E-state index in [2.05, 4.69) is 42.4 Å². The Hall–Kier alpha value is -2.65. The van der Waals surface area contributed by atoms with Gasteiger partial charge in [-0.1, -0.05) is 0 Å². The number of nitrogens with one attached hydrogen (secondary N) is 3. The number of primary amides is 2. The molecule has 0 saturated carbocycles. The number of anilines is 3. The van der Waals surface area contributed by atoms with Gasteiger partial charge >= 0.3 is 6.03 Å². The van der Waals surface area contributed by atoms with Gasteiger partial charge in [-0.05, 0) is 0 Å². The van der Waals surface area contributed by atoms with Crippen LogP contribution in [-0.2, 0) is 4.79 Å². The monoisotopic (exact) mass is 258 g/mol. The highest BCUT2D eigenvalue weighted by atomic mass is 16.2. The van der Waals surface area contributed by atoms with Crippen molar-refractivity contribution in [3.63, 3.8) is 0 Å². The number of hydrogen-bond acceptors (Lipinski definition) is 8. The number of nitrogens with two attached hydrogens (primary N) is 2. The van der Waals surface area contributed by atoms with E-state index in [0.717, 1.165) is 0 Å². The van der Waals surface area contributed by atoms with Crippen molar-refractivity contribution in [3.8, 4) is 0 Å². The van der Waals surface area contributed by atoms with Crippen molar-refractivity contribution in [1.82, 2.24) is 15.0 Å². The van der Waals surface area contributed by atoms with Crippen LogP contribution in [0.5, 0.6) is 0 Å². The van der Waals surface area contributed by atoms with Crippen LogP contribution in [0.1, 0.15) is 0 Å². The van der Waals surface area contributed by atoms with Crippen LogP contribution in [0.15, 0.2) is 0 Å². The van der Waals surface area contributed by atoms with Gasteiger partial charge in [0.15, 0.2) is 0 Å². The van der Waals surface area contributed by atoms with E-state index >= 15 is 0 Å². The Morgan fingerprint density at radius 3 is 1.17 bits per heavy atom. The Kier molecular flexibility index (Phi) is 10.7. The van der Waals surface area contributed by atoms with Crippen LogP contribution in [0.25, 0.3) is 0 Å². The first-order chi connectivity index (χ1) is 8.53. The zero-order valence-corrected chi connectivity index (χ0v) is 10.5. The number of carbonyl (C=O) groups is 2. The molecule has 1 aromatic rings. The summed E-state index contributed by atoms with van der Waals surface area (Å²) in [5, 5.41) is 8.50. The number of aromatic nitrogens is 3. The Balaban J connectivity index is 0. The van der Waals surface area contributed by atoms with Gasteiger partial charge in [0.25, 0.3) is 0 Å². The van der Waals surface area contributed by atoms with E-state index in [9.17, 15) is 0 Å². The van der Waals surface area contributed by atoms with Gasteiger partial charge in [0.1, 0.15) is 6.79 Å². The maximum atomic E-state index is 9.00. The smallest absolute Gasteiger partial charge is 0.309 e. The van der Waals surface area contributed by atoms with E-state index in [0.29, 0.717) is 17.8 Å². The van der Waals surface area contributed by atoms with Crippen molar-refractivity contribution in [3.05, 3.63) is 0 Å². The molecule has 18 heavy (non-hydrogen) atoms. The van der Waals surface area contributed by atoms with Gasteiger partial charge in [0, 0.05) is 21.1 Å². The maximum absolute atomic E-state index is 9.00. The van der Waals surface area contributed by atoms with E-state index in [4.69, 9.17) is 9.59 Å². The normalized spacial score (nSPS) is 7.72. The van der Waals surface area contributed by atoms with Gasteiger partial charge in [0.05, 0.1) is 0 Å². The maximum Gasteiger partial charge on any atom is 0.309 e. The standard InChI is InChI=1S/C6H12N6.CH4N2O.CH2O/c1-7-4-10-5(8-2)12-6(9-3)11-4;2-1(3)4;1-2/h1-3H3,(H3,7,8,9,10,11,12);(H4,2,3,4);1H2. The third-order valence-electron chi connectivity index (χ3n) is 1.31. The minimum Gasteiger partial charge on any atom is -0.357 e. The second-order valence-corrected chi connectivity index (χ2v) is 2.46. The topological polar surface area (TPSA) is 161 Å². The van der Waals surface area contributed by atoms with Crippen LogP contribution in [0, 0.1) is 0 Å². The zero-order chi connectivity index (χ0) is 14.6. The molecule has 0 atom stereocenters. The van der Waals surface area contributed by atoms with Gasteiger partial charge in [-0.25, -0.2) is 4.79 Å². The van der Waals surface area contributed by atoms with E-state index in [-0.39, 0.29) is 0 Å². The Labute approximate surface area is 105 Å². The SMILES string of the molecule is C=O.CNc1nc(NC)nc(NC)n1.NC(N)=O. The summed E-state index contributed by atoms with van der Waals surface area (Å²) in [6.45, 7) is 2.00. The van der Waals surface area contributed by atoms with Crippen molar-refractivity contribution in [2.45, 2.75) is 0 Å². The molecule has 102 valence electrons. The summed E-state index contributed by atoms with van der Waals surface area (Å²) >= 11 is 0. The average molecular weight is 258 g/mol. The highest BCUT2D eigenvalue weighted by Gasteiger charge is 2.00. The molecule has 1 aromatic heterocycles. The number of carbonyl (C=O) groups excluding carboxylic acids is 2. The fraction of sp³-hybridized carbons (Fsp3) is 0.375. The molecule has 10 nitrogen and oxygen atoms in total. The summed E-state index contributed by atoms with van der Waals surface area (Å²) in [5.41, 5.74) is 8.50. The first-order valence-electron chi connectivity index (χ1n) is 4.66. The lowest BCUT2D eigenvalue weighted by Crippen LogP contribution is -2.18. The molecule has 0 radical (unpaired) electrons.